The fourth-order valence-electron chi connectivity index (χ4n) is 2.14. The molecule has 1 amide bonds. The standard InChI is InChI=1S/C17H20N2O/c1-13(2)12-19(15-7-5-4-6-8-15)17(20)16-9-10-18-11-14(16)3/h4-11,13H,12H2,1-3H3. The average molecular weight is 268 g/mol. The first-order chi connectivity index (χ1) is 9.59. The van der Waals surface area contributed by atoms with Gasteiger partial charge in [0, 0.05) is 30.2 Å². The van der Waals surface area contributed by atoms with Crippen LogP contribution in [0.25, 0.3) is 0 Å². The molecule has 0 aliphatic heterocycles. The Kier molecular flexibility index (Phi) is 4.51. The fraction of sp³-hybridized carbons (Fsp3) is 0.294. The van der Waals surface area contributed by atoms with Crippen LogP contribution in [0.15, 0.2) is 48.8 Å². The summed E-state index contributed by atoms with van der Waals surface area (Å²) in [4.78, 5) is 18.7. The van der Waals surface area contributed by atoms with E-state index >= 15 is 0 Å². The number of amides is 1. The Morgan fingerprint density at radius 1 is 1.20 bits per heavy atom. The molecular weight excluding hydrogens is 248 g/mol. The van der Waals surface area contributed by atoms with E-state index in [-0.39, 0.29) is 5.91 Å². The number of rotatable bonds is 4. The highest BCUT2D eigenvalue weighted by Gasteiger charge is 2.19. The average Bonchev–Trinajstić information content (AvgIpc) is 2.45. The molecule has 3 nitrogen and oxygen atoms in total. The highest BCUT2D eigenvalue weighted by atomic mass is 16.2. The van der Waals surface area contributed by atoms with Gasteiger partial charge in [-0.25, -0.2) is 0 Å². The van der Waals surface area contributed by atoms with E-state index in [1.165, 1.54) is 0 Å². The lowest BCUT2D eigenvalue weighted by molar-refractivity contribution is 0.0983. The van der Waals surface area contributed by atoms with Crippen molar-refractivity contribution in [2.45, 2.75) is 20.8 Å². The summed E-state index contributed by atoms with van der Waals surface area (Å²) in [6, 6.07) is 11.6. The van der Waals surface area contributed by atoms with E-state index in [2.05, 4.69) is 18.8 Å². The molecule has 0 aliphatic carbocycles. The number of aryl methyl sites for hydroxylation is 1. The zero-order chi connectivity index (χ0) is 14.5. The molecule has 20 heavy (non-hydrogen) atoms. The van der Waals surface area contributed by atoms with Gasteiger partial charge in [-0.1, -0.05) is 32.0 Å². The first-order valence-corrected chi connectivity index (χ1v) is 6.87. The minimum atomic E-state index is 0.0322. The van der Waals surface area contributed by atoms with Crippen molar-refractivity contribution >= 4 is 11.6 Å². The molecule has 0 aliphatic rings. The minimum Gasteiger partial charge on any atom is -0.308 e. The molecule has 0 radical (unpaired) electrons. The molecule has 104 valence electrons. The quantitative estimate of drug-likeness (QED) is 0.847. The second-order valence-corrected chi connectivity index (χ2v) is 5.34. The molecule has 0 N–H and O–H groups in total. The third kappa shape index (κ3) is 3.23. The summed E-state index contributed by atoms with van der Waals surface area (Å²) in [6.07, 6.45) is 3.39. The number of carbonyl (C=O) groups excluding carboxylic acids is 1. The highest BCUT2D eigenvalue weighted by molar-refractivity contribution is 6.06. The Bertz CT molecular complexity index is 579. The smallest absolute Gasteiger partial charge is 0.258 e. The zero-order valence-corrected chi connectivity index (χ0v) is 12.2. The van der Waals surface area contributed by atoms with Gasteiger partial charge in [-0.15, -0.1) is 0 Å². The van der Waals surface area contributed by atoms with Gasteiger partial charge in [0.1, 0.15) is 0 Å². The number of para-hydroxylation sites is 1. The number of benzene rings is 1. The lowest BCUT2D eigenvalue weighted by atomic mass is 10.1. The van der Waals surface area contributed by atoms with E-state index in [1.807, 2.05) is 42.2 Å². The largest absolute Gasteiger partial charge is 0.308 e. The number of nitrogens with zero attached hydrogens (tertiary/aromatic N) is 2. The maximum Gasteiger partial charge on any atom is 0.258 e. The molecule has 1 aromatic carbocycles. The van der Waals surface area contributed by atoms with Crippen LogP contribution in [0.4, 0.5) is 5.69 Å². The van der Waals surface area contributed by atoms with Gasteiger partial charge in [0.15, 0.2) is 0 Å². The van der Waals surface area contributed by atoms with Crippen LogP contribution in [0, 0.1) is 12.8 Å². The second kappa shape index (κ2) is 6.33. The molecule has 0 bridgehead atoms. The van der Waals surface area contributed by atoms with Crippen molar-refractivity contribution in [2.75, 3.05) is 11.4 Å². The van der Waals surface area contributed by atoms with Crippen LogP contribution in [0.5, 0.6) is 0 Å². The molecule has 3 heteroatoms. The maximum atomic E-state index is 12.8. The molecule has 0 atom stereocenters. The van der Waals surface area contributed by atoms with E-state index in [0.29, 0.717) is 18.0 Å². The number of pyridine rings is 1. The molecule has 2 aromatic rings. The number of hydrogen-bond acceptors (Lipinski definition) is 2. The van der Waals surface area contributed by atoms with E-state index in [0.717, 1.165) is 11.3 Å². The predicted octanol–water partition coefficient (Wildman–Crippen LogP) is 3.69. The van der Waals surface area contributed by atoms with Crippen LogP contribution in [0.3, 0.4) is 0 Å². The van der Waals surface area contributed by atoms with Gasteiger partial charge < -0.3 is 4.90 Å². The van der Waals surface area contributed by atoms with E-state index in [9.17, 15) is 4.79 Å². The normalized spacial score (nSPS) is 10.6. The zero-order valence-electron chi connectivity index (χ0n) is 12.2. The predicted molar refractivity (Wildman–Crippen MR) is 81.9 cm³/mol. The molecule has 1 heterocycles. The van der Waals surface area contributed by atoms with Gasteiger partial charge in [-0.05, 0) is 36.6 Å². The first kappa shape index (κ1) is 14.3. The van der Waals surface area contributed by atoms with Crippen molar-refractivity contribution in [1.82, 2.24) is 4.98 Å². The highest BCUT2D eigenvalue weighted by Crippen LogP contribution is 2.19. The SMILES string of the molecule is Cc1cnccc1C(=O)N(CC(C)C)c1ccccc1. The van der Waals surface area contributed by atoms with Crippen molar-refractivity contribution in [3.63, 3.8) is 0 Å². The molecule has 0 saturated carbocycles. The van der Waals surface area contributed by atoms with E-state index in [1.54, 1.807) is 18.5 Å². The lowest BCUT2D eigenvalue weighted by Gasteiger charge is -2.25. The van der Waals surface area contributed by atoms with Gasteiger partial charge in [-0.2, -0.15) is 0 Å². The molecule has 0 saturated heterocycles. The Labute approximate surface area is 120 Å². The summed E-state index contributed by atoms with van der Waals surface area (Å²) in [5.74, 6) is 0.436. The van der Waals surface area contributed by atoms with Crippen LogP contribution in [0.1, 0.15) is 29.8 Å². The summed E-state index contributed by atoms with van der Waals surface area (Å²) < 4.78 is 0. The molecule has 0 fully saturated rings. The maximum absolute atomic E-state index is 12.8. The Hall–Kier alpha value is -2.16. The van der Waals surface area contributed by atoms with Crippen LogP contribution >= 0.6 is 0 Å². The minimum absolute atomic E-state index is 0.0322. The Morgan fingerprint density at radius 3 is 2.50 bits per heavy atom. The summed E-state index contributed by atoms with van der Waals surface area (Å²) in [6.45, 7) is 6.84. The Balaban J connectivity index is 2.37. The van der Waals surface area contributed by atoms with Crippen LogP contribution < -0.4 is 4.90 Å². The lowest BCUT2D eigenvalue weighted by Crippen LogP contribution is -2.34. The van der Waals surface area contributed by atoms with Gasteiger partial charge in [0.2, 0.25) is 0 Å². The number of anilines is 1. The fourth-order valence-corrected chi connectivity index (χ4v) is 2.14. The summed E-state index contributed by atoms with van der Waals surface area (Å²) in [7, 11) is 0. The summed E-state index contributed by atoms with van der Waals surface area (Å²) in [5, 5.41) is 0. The topological polar surface area (TPSA) is 33.2 Å². The van der Waals surface area contributed by atoms with E-state index < -0.39 is 0 Å². The third-order valence-corrected chi connectivity index (χ3v) is 3.11. The monoisotopic (exact) mass is 268 g/mol. The van der Waals surface area contributed by atoms with Gasteiger partial charge in [0.05, 0.1) is 0 Å². The van der Waals surface area contributed by atoms with Crippen molar-refractivity contribution in [2.24, 2.45) is 5.92 Å². The van der Waals surface area contributed by atoms with Crippen molar-refractivity contribution in [3.05, 3.63) is 59.9 Å². The summed E-state index contributed by atoms with van der Waals surface area (Å²) in [5.41, 5.74) is 2.55. The third-order valence-electron chi connectivity index (χ3n) is 3.11. The van der Waals surface area contributed by atoms with Crippen molar-refractivity contribution in [3.8, 4) is 0 Å². The molecular formula is C17H20N2O. The van der Waals surface area contributed by atoms with Crippen molar-refractivity contribution in [1.29, 1.82) is 0 Å². The van der Waals surface area contributed by atoms with Crippen molar-refractivity contribution < 1.29 is 4.79 Å². The van der Waals surface area contributed by atoms with Gasteiger partial charge in [-0.3, -0.25) is 9.78 Å². The van der Waals surface area contributed by atoms with Crippen LogP contribution in [0.2, 0.25) is 0 Å². The number of hydrogen-bond donors (Lipinski definition) is 0. The number of aromatic nitrogens is 1. The van der Waals surface area contributed by atoms with E-state index in [4.69, 9.17) is 0 Å². The molecule has 2 rings (SSSR count). The first-order valence-electron chi connectivity index (χ1n) is 6.87. The van der Waals surface area contributed by atoms with Gasteiger partial charge in [0.25, 0.3) is 5.91 Å². The Morgan fingerprint density at radius 2 is 1.90 bits per heavy atom. The number of carbonyl (C=O) groups is 1. The summed E-state index contributed by atoms with van der Waals surface area (Å²) >= 11 is 0. The van der Waals surface area contributed by atoms with Crippen LogP contribution in [-0.2, 0) is 0 Å². The van der Waals surface area contributed by atoms with Crippen LogP contribution in [-0.4, -0.2) is 17.4 Å². The second-order valence-electron chi connectivity index (χ2n) is 5.34. The molecule has 1 aromatic heterocycles. The molecule has 0 unspecified atom stereocenters. The van der Waals surface area contributed by atoms with Gasteiger partial charge >= 0.3 is 0 Å². The molecule has 0 spiro atoms.